The average molecular weight is 344 g/mol. The summed E-state index contributed by atoms with van der Waals surface area (Å²) in [5.41, 5.74) is 1.73. The SMILES string of the molecule is COC(=O)c1ccc(CC(C(=O)O)c2cc(OC)ccc2OC)cc1. The highest BCUT2D eigenvalue weighted by molar-refractivity contribution is 5.89. The van der Waals surface area contributed by atoms with Crippen molar-refractivity contribution in [2.75, 3.05) is 21.3 Å². The summed E-state index contributed by atoms with van der Waals surface area (Å²) in [6.45, 7) is 0. The molecule has 6 nitrogen and oxygen atoms in total. The van der Waals surface area contributed by atoms with Crippen LogP contribution in [-0.4, -0.2) is 38.4 Å². The Bertz CT molecular complexity index is 751. The molecule has 0 heterocycles. The Labute approximate surface area is 146 Å². The fourth-order valence-corrected chi connectivity index (χ4v) is 2.57. The number of carbonyl (C=O) groups is 2. The van der Waals surface area contributed by atoms with Gasteiger partial charge < -0.3 is 19.3 Å². The van der Waals surface area contributed by atoms with Gasteiger partial charge in [-0.3, -0.25) is 4.79 Å². The molecule has 0 aliphatic rings. The first-order valence-corrected chi connectivity index (χ1v) is 7.62. The number of aliphatic carboxylic acids is 1. The van der Waals surface area contributed by atoms with Crippen LogP contribution in [0.25, 0.3) is 0 Å². The quantitative estimate of drug-likeness (QED) is 0.778. The van der Waals surface area contributed by atoms with Gasteiger partial charge in [-0.1, -0.05) is 12.1 Å². The predicted molar refractivity (Wildman–Crippen MR) is 91.4 cm³/mol. The molecule has 2 aromatic rings. The molecule has 0 radical (unpaired) electrons. The maximum absolute atomic E-state index is 11.8. The Morgan fingerprint density at radius 2 is 1.68 bits per heavy atom. The van der Waals surface area contributed by atoms with E-state index in [1.54, 1.807) is 42.5 Å². The number of ether oxygens (including phenoxy) is 3. The molecular formula is C19H20O6. The number of carbonyl (C=O) groups excluding carboxylic acids is 1. The number of hydrogen-bond donors (Lipinski definition) is 1. The minimum absolute atomic E-state index is 0.250. The van der Waals surface area contributed by atoms with Crippen molar-refractivity contribution < 1.29 is 28.9 Å². The third-order valence-electron chi connectivity index (χ3n) is 3.93. The third-order valence-corrected chi connectivity index (χ3v) is 3.93. The number of benzene rings is 2. The molecule has 0 saturated heterocycles. The van der Waals surface area contributed by atoms with Crippen LogP contribution < -0.4 is 9.47 Å². The zero-order valence-corrected chi connectivity index (χ0v) is 14.3. The average Bonchev–Trinajstić information content (AvgIpc) is 2.65. The fraction of sp³-hybridized carbons (Fsp3) is 0.263. The summed E-state index contributed by atoms with van der Waals surface area (Å²) in [5, 5.41) is 9.68. The van der Waals surface area contributed by atoms with Crippen molar-refractivity contribution in [1.82, 2.24) is 0 Å². The van der Waals surface area contributed by atoms with Gasteiger partial charge in [-0.2, -0.15) is 0 Å². The van der Waals surface area contributed by atoms with Gasteiger partial charge in [-0.15, -0.1) is 0 Å². The largest absolute Gasteiger partial charge is 0.497 e. The lowest BCUT2D eigenvalue weighted by molar-refractivity contribution is -0.138. The van der Waals surface area contributed by atoms with Gasteiger partial charge in [0.2, 0.25) is 0 Å². The van der Waals surface area contributed by atoms with Crippen LogP contribution in [0.1, 0.15) is 27.4 Å². The van der Waals surface area contributed by atoms with Crippen LogP contribution in [0.15, 0.2) is 42.5 Å². The first-order chi connectivity index (χ1) is 12.0. The summed E-state index contributed by atoms with van der Waals surface area (Å²) < 4.78 is 15.1. The van der Waals surface area contributed by atoms with E-state index in [0.717, 1.165) is 5.56 Å². The van der Waals surface area contributed by atoms with Gasteiger partial charge in [-0.25, -0.2) is 4.79 Å². The van der Waals surface area contributed by atoms with Crippen molar-refractivity contribution in [3.63, 3.8) is 0 Å². The van der Waals surface area contributed by atoms with Gasteiger partial charge in [0.25, 0.3) is 0 Å². The molecule has 1 atom stereocenters. The molecule has 2 rings (SSSR count). The van der Waals surface area contributed by atoms with Crippen LogP contribution in [0.2, 0.25) is 0 Å². The zero-order chi connectivity index (χ0) is 18.4. The second-order valence-corrected chi connectivity index (χ2v) is 5.39. The lowest BCUT2D eigenvalue weighted by Gasteiger charge is -2.17. The lowest BCUT2D eigenvalue weighted by Crippen LogP contribution is -2.16. The van der Waals surface area contributed by atoms with Gasteiger partial charge in [0, 0.05) is 5.56 Å². The van der Waals surface area contributed by atoms with Gasteiger partial charge in [0.1, 0.15) is 11.5 Å². The fourth-order valence-electron chi connectivity index (χ4n) is 2.57. The van der Waals surface area contributed by atoms with E-state index in [0.29, 0.717) is 22.6 Å². The summed E-state index contributed by atoms with van der Waals surface area (Å²) in [6, 6.07) is 11.7. The minimum Gasteiger partial charge on any atom is -0.497 e. The van der Waals surface area contributed by atoms with Gasteiger partial charge in [0.05, 0.1) is 32.8 Å². The third kappa shape index (κ3) is 4.29. The van der Waals surface area contributed by atoms with Crippen molar-refractivity contribution in [3.8, 4) is 11.5 Å². The van der Waals surface area contributed by atoms with Crippen LogP contribution in [0.3, 0.4) is 0 Å². The first-order valence-electron chi connectivity index (χ1n) is 7.62. The van der Waals surface area contributed by atoms with E-state index in [1.165, 1.54) is 21.3 Å². The van der Waals surface area contributed by atoms with Crippen molar-refractivity contribution in [1.29, 1.82) is 0 Å². The molecule has 0 aliphatic heterocycles. The lowest BCUT2D eigenvalue weighted by atomic mass is 9.91. The molecule has 0 bridgehead atoms. The highest BCUT2D eigenvalue weighted by atomic mass is 16.5. The Morgan fingerprint density at radius 1 is 1.00 bits per heavy atom. The van der Waals surface area contributed by atoms with Gasteiger partial charge in [0.15, 0.2) is 0 Å². The number of carboxylic acid groups (broad SMARTS) is 1. The first kappa shape index (κ1) is 18.3. The predicted octanol–water partition coefficient (Wildman–Crippen LogP) is 2.90. The molecule has 0 aliphatic carbocycles. The van der Waals surface area contributed by atoms with Crippen LogP contribution in [-0.2, 0) is 16.0 Å². The van der Waals surface area contributed by atoms with E-state index in [-0.39, 0.29) is 6.42 Å². The Kier molecular flexibility index (Phi) is 6.00. The molecule has 0 aromatic heterocycles. The van der Waals surface area contributed by atoms with Crippen LogP contribution >= 0.6 is 0 Å². The highest BCUT2D eigenvalue weighted by Gasteiger charge is 2.24. The zero-order valence-electron chi connectivity index (χ0n) is 14.3. The molecule has 1 unspecified atom stereocenters. The summed E-state index contributed by atoms with van der Waals surface area (Å²) in [4.78, 5) is 23.3. The van der Waals surface area contributed by atoms with Crippen molar-refractivity contribution >= 4 is 11.9 Å². The maximum Gasteiger partial charge on any atom is 0.337 e. The Hall–Kier alpha value is -3.02. The molecule has 25 heavy (non-hydrogen) atoms. The van der Waals surface area contributed by atoms with E-state index in [9.17, 15) is 14.7 Å². The number of methoxy groups -OCH3 is 3. The molecular weight excluding hydrogens is 324 g/mol. The van der Waals surface area contributed by atoms with Crippen LogP contribution in [0.4, 0.5) is 0 Å². The van der Waals surface area contributed by atoms with E-state index >= 15 is 0 Å². The summed E-state index contributed by atoms with van der Waals surface area (Å²) in [7, 11) is 4.33. The number of carboxylic acids is 1. The monoisotopic (exact) mass is 344 g/mol. The standard InChI is InChI=1S/C19H20O6/c1-23-14-8-9-17(24-2)15(11-14)16(18(20)21)10-12-4-6-13(7-5-12)19(22)25-3/h4-9,11,16H,10H2,1-3H3,(H,20,21). The highest BCUT2D eigenvalue weighted by Crippen LogP contribution is 2.33. The number of rotatable bonds is 7. The molecule has 6 heteroatoms. The molecule has 0 fully saturated rings. The normalized spacial score (nSPS) is 11.5. The van der Waals surface area contributed by atoms with E-state index in [2.05, 4.69) is 4.74 Å². The number of hydrogen-bond acceptors (Lipinski definition) is 5. The van der Waals surface area contributed by atoms with E-state index < -0.39 is 17.9 Å². The minimum atomic E-state index is -0.969. The van der Waals surface area contributed by atoms with E-state index in [1.807, 2.05) is 0 Å². The Balaban J connectivity index is 2.33. The molecule has 0 amide bonds. The van der Waals surface area contributed by atoms with Gasteiger partial charge >= 0.3 is 11.9 Å². The van der Waals surface area contributed by atoms with Crippen molar-refractivity contribution in [2.24, 2.45) is 0 Å². The second kappa shape index (κ2) is 8.19. The van der Waals surface area contributed by atoms with E-state index in [4.69, 9.17) is 9.47 Å². The van der Waals surface area contributed by atoms with Crippen molar-refractivity contribution in [2.45, 2.75) is 12.3 Å². The second-order valence-electron chi connectivity index (χ2n) is 5.39. The summed E-state index contributed by atoms with van der Waals surface area (Å²) in [5.74, 6) is -1.17. The topological polar surface area (TPSA) is 82.1 Å². The molecule has 132 valence electrons. The maximum atomic E-state index is 11.8. The molecule has 0 saturated carbocycles. The van der Waals surface area contributed by atoms with Crippen molar-refractivity contribution in [3.05, 3.63) is 59.2 Å². The molecule has 2 aromatic carbocycles. The summed E-state index contributed by atoms with van der Waals surface area (Å²) in [6.07, 6.45) is 0.250. The van der Waals surface area contributed by atoms with Crippen LogP contribution in [0.5, 0.6) is 11.5 Å². The van der Waals surface area contributed by atoms with Crippen LogP contribution in [0, 0.1) is 0 Å². The Morgan fingerprint density at radius 3 is 2.20 bits per heavy atom. The molecule has 1 N–H and O–H groups in total. The smallest absolute Gasteiger partial charge is 0.337 e. The van der Waals surface area contributed by atoms with Gasteiger partial charge in [-0.05, 0) is 42.3 Å². The molecule has 0 spiro atoms. The summed E-state index contributed by atoms with van der Waals surface area (Å²) >= 11 is 0. The number of esters is 1.